The quantitative estimate of drug-likeness (QED) is 0.672. The van der Waals surface area contributed by atoms with Gasteiger partial charge in [0.05, 0.1) is 11.9 Å². The lowest BCUT2D eigenvalue weighted by atomic mass is 10.2. The monoisotopic (exact) mass is 301 g/mol. The summed E-state index contributed by atoms with van der Waals surface area (Å²) in [5.74, 6) is 0.846. The number of allylic oxidation sites excluding steroid dienone is 1. The van der Waals surface area contributed by atoms with E-state index in [2.05, 4.69) is 31.0 Å². The smallest absolute Gasteiger partial charge is 0.271 e. The molecule has 0 spiro atoms. The Labute approximate surface area is 128 Å². The van der Waals surface area contributed by atoms with Gasteiger partial charge >= 0.3 is 0 Å². The number of nitrogens with zero attached hydrogens (tertiary/aromatic N) is 4. The molecular weight excluding hydrogens is 282 g/mol. The molecule has 2 aliphatic rings. The molecule has 3 heterocycles. The zero-order valence-corrected chi connectivity index (χ0v) is 12.4. The van der Waals surface area contributed by atoms with Crippen molar-refractivity contribution in [2.75, 3.05) is 38.1 Å². The lowest BCUT2D eigenvalue weighted by Gasteiger charge is -2.35. The van der Waals surface area contributed by atoms with Gasteiger partial charge in [0.1, 0.15) is 11.5 Å². The standard InChI is InChI=1S/C14H19N7O/c1-15-11-8-12(19-18-9-11)14(22)21-6-4-20(5-7-21)13-10-16-2-3-17-13/h2-3,8-10,15,18-19H,4-7H2,1H3. The van der Waals surface area contributed by atoms with E-state index in [0.717, 1.165) is 24.6 Å². The molecule has 8 heteroatoms. The lowest BCUT2D eigenvalue weighted by Crippen LogP contribution is -2.51. The number of nitrogens with one attached hydrogen (secondary N) is 3. The van der Waals surface area contributed by atoms with Crippen LogP contribution in [-0.4, -0.2) is 54.0 Å². The molecule has 8 nitrogen and oxygen atoms in total. The number of amides is 1. The van der Waals surface area contributed by atoms with Crippen LogP contribution >= 0.6 is 0 Å². The van der Waals surface area contributed by atoms with E-state index in [4.69, 9.17) is 0 Å². The summed E-state index contributed by atoms with van der Waals surface area (Å²) in [6.45, 7) is 2.82. The van der Waals surface area contributed by atoms with E-state index < -0.39 is 0 Å². The SMILES string of the molecule is CNC1=CNNC(C(=O)N2CCN(c3cnccn3)CC2)=C1. The second kappa shape index (κ2) is 6.33. The van der Waals surface area contributed by atoms with Crippen LogP contribution in [0.1, 0.15) is 0 Å². The number of hydrogen-bond acceptors (Lipinski definition) is 7. The fourth-order valence-corrected chi connectivity index (χ4v) is 2.45. The van der Waals surface area contributed by atoms with Gasteiger partial charge < -0.3 is 20.5 Å². The molecule has 3 rings (SSSR count). The van der Waals surface area contributed by atoms with Gasteiger partial charge in [-0.25, -0.2) is 4.98 Å². The minimum absolute atomic E-state index is 0.00727. The maximum atomic E-state index is 12.5. The van der Waals surface area contributed by atoms with Crippen molar-refractivity contribution in [3.8, 4) is 0 Å². The van der Waals surface area contributed by atoms with Crippen molar-refractivity contribution in [1.82, 2.24) is 31.0 Å². The lowest BCUT2D eigenvalue weighted by molar-refractivity contribution is -0.127. The number of carbonyl (C=O) groups excluding carboxylic acids is 1. The molecule has 0 unspecified atom stereocenters. The second-order valence-electron chi connectivity index (χ2n) is 5.02. The molecule has 0 atom stereocenters. The number of carbonyl (C=O) groups is 1. The van der Waals surface area contributed by atoms with Crippen molar-refractivity contribution in [2.45, 2.75) is 0 Å². The Kier molecular flexibility index (Phi) is 4.08. The summed E-state index contributed by atoms with van der Waals surface area (Å²) < 4.78 is 0. The van der Waals surface area contributed by atoms with E-state index in [0.29, 0.717) is 18.8 Å². The molecule has 0 radical (unpaired) electrons. The van der Waals surface area contributed by atoms with E-state index >= 15 is 0 Å². The maximum Gasteiger partial charge on any atom is 0.271 e. The number of anilines is 1. The molecule has 0 aromatic carbocycles. The first-order chi connectivity index (χ1) is 10.8. The Balaban J connectivity index is 1.61. The molecule has 1 amide bonds. The molecule has 2 aliphatic heterocycles. The van der Waals surface area contributed by atoms with E-state index in [1.165, 1.54) is 0 Å². The van der Waals surface area contributed by atoms with Crippen LogP contribution in [0.4, 0.5) is 5.82 Å². The number of rotatable bonds is 3. The van der Waals surface area contributed by atoms with Gasteiger partial charge in [-0.3, -0.25) is 15.2 Å². The summed E-state index contributed by atoms with van der Waals surface area (Å²) in [7, 11) is 1.82. The van der Waals surface area contributed by atoms with Crippen LogP contribution in [0.15, 0.2) is 42.3 Å². The molecule has 1 aromatic heterocycles. The molecular formula is C14H19N7O. The molecule has 1 saturated heterocycles. The highest BCUT2D eigenvalue weighted by Crippen LogP contribution is 2.13. The van der Waals surface area contributed by atoms with Crippen LogP contribution in [-0.2, 0) is 4.79 Å². The van der Waals surface area contributed by atoms with Gasteiger partial charge in [0.25, 0.3) is 5.91 Å². The second-order valence-corrected chi connectivity index (χ2v) is 5.02. The fourth-order valence-electron chi connectivity index (χ4n) is 2.45. The minimum atomic E-state index is -0.00727. The highest BCUT2D eigenvalue weighted by atomic mass is 16.2. The summed E-state index contributed by atoms with van der Waals surface area (Å²) in [5, 5.41) is 3.01. The molecule has 3 N–H and O–H groups in total. The first kappa shape index (κ1) is 14.2. The predicted molar refractivity (Wildman–Crippen MR) is 82.3 cm³/mol. The van der Waals surface area contributed by atoms with Crippen molar-refractivity contribution in [3.63, 3.8) is 0 Å². The topological polar surface area (TPSA) is 85.4 Å². The van der Waals surface area contributed by atoms with E-state index in [1.807, 2.05) is 11.9 Å². The third-order valence-corrected chi connectivity index (χ3v) is 3.69. The molecule has 0 bridgehead atoms. The van der Waals surface area contributed by atoms with Crippen LogP contribution in [0, 0.1) is 0 Å². The molecule has 1 fully saturated rings. The largest absolute Gasteiger partial charge is 0.387 e. The highest BCUT2D eigenvalue weighted by Gasteiger charge is 2.25. The zero-order chi connectivity index (χ0) is 15.4. The van der Waals surface area contributed by atoms with Crippen LogP contribution in [0.2, 0.25) is 0 Å². The van der Waals surface area contributed by atoms with Crippen molar-refractivity contribution in [1.29, 1.82) is 0 Å². The normalized spacial score (nSPS) is 17.9. The van der Waals surface area contributed by atoms with Gasteiger partial charge in [0.2, 0.25) is 0 Å². The minimum Gasteiger partial charge on any atom is -0.387 e. The summed E-state index contributed by atoms with van der Waals surface area (Å²) in [4.78, 5) is 24.9. The van der Waals surface area contributed by atoms with Crippen molar-refractivity contribution in [2.24, 2.45) is 0 Å². The molecule has 0 saturated carbocycles. The van der Waals surface area contributed by atoms with Crippen LogP contribution in [0.5, 0.6) is 0 Å². The average Bonchev–Trinajstić information content (AvgIpc) is 2.62. The van der Waals surface area contributed by atoms with Crippen LogP contribution < -0.4 is 21.1 Å². The molecule has 0 aliphatic carbocycles. The summed E-state index contributed by atoms with van der Waals surface area (Å²) >= 11 is 0. The van der Waals surface area contributed by atoms with Gasteiger partial charge in [-0.15, -0.1) is 0 Å². The number of piperazine rings is 1. The third kappa shape index (κ3) is 2.95. The number of hydrazine groups is 1. The van der Waals surface area contributed by atoms with Gasteiger partial charge in [-0.05, 0) is 6.08 Å². The van der Waals surface area contributed by atoms with E-state index in [1.54, 1.807) is 30.9 Å². The Morgan fingerprint density at radius 1 is 1.27 bits per heavy atom. The fraction of sp³-hybridized carbons (Fsp3) is 0.357. The van der Waals surface area contributed by atoms with Gasteiger partial charge in [0, 0.05) is 51.8 Å². The molecule has 116 valence electrons. The average molecular weight is 301 g/mol. The molecule has 22 heavy (non-hydrogen) atoms. The Morgan fingerprint density at radius 2 is 2.09 bits per heavy atom. The van der Waals surface area contributed by atoms with Gasteiger partial charge in [0.15, 0.2) is 0 Å². The van der Waals surface area contributed by atoms with Gasteiger partial charge in [-0.1, -0.05) is 0 Å². The molecule has 1 aromatic rings. The Morgan fingerprint density at radius 3 is 2.77 bits per heavy atom. The summed E-state index contributed by atoms with van der Waals surface area (Å²) in [5.41, 5.74) is 7.17. The van der Waals surface area contributed by atoms with E-state index in [9.17, 15) is 4.79 Å². The van der Waals surface area contributed by atoms with Crippen LogP contribution in [0.25, 0.3) is 0 Å². The highest BCUT2D eigenvalue weighted by molar-refractivity contribution is 5.93. The summed E-state index contributed by atoms with van der Waals surface area (Å²) in [6, 6.07) is 0. The number of likely N-dealkylation sites (N-methyl/N-ethyl adjacent to an activating group) is 1. The Hall–Kier alpha value is -2.77. The van der Waals surface area contributed by atoms with Crippen molar-refractivity contribution >= 4 is 11.7 Å². The number of aromatic nitrogens is 2. The van der Waals surface area contributed by atoms with Crippen LogP contribution in [0.3, 0.4) is 0 Å². The predicted octanol–water partition coefficient (Wildman–Crippen LogP) is -0.822. The first-order valence-corrected chi connectivity index (χ1v) is 7.19. The summed E-state index contributed by atoms with van der Waals surface area (Å²) in [6.07, 6.45) is 8.65. The van der Waals surface area contributed by atoms with Crippen molar-refractivity contribution < 1.29 is 4.79 Å². The first-order valence-electron chi connectivity index (χ1n) is 7.19. The van der Waals surface area contributed by atoms with Crippen molar-refractivity contribution in [3.05, 3.63) is 42.3 Å². The zero-order valence-electron chi connectivity index (χ0n) is 12.4. The maximum absolute atomic E-state index is 12.5. The van der Waals surface area contributed by atoms with Gasteiger partial charge in [-0.2, -0.15) is 0 Å². The third-order valence-electron chi connectivity index (χ3n) is 3.69. The Bertz CT molecular complexity index is 590. The number of hydrogen-bond donors (Lipinski definition) is 3. The van der Waals surface area contributed by atoms with E-state index in [-0.39, 0.29) is 5.91 Å².